The number of Topliss-reactive ketones (excluding diaryl/α,β-unsaturated/α-hetero) is 1. The number of pyridine rings is 2. The van der Waals surface area contributed by atoms with E-state index >= 15 is 0 Å². The van der Waals surface area contributed by atoms with Crippen LogP contribution in [0.4, 0.5) is 0 Å². The molecular formula is C22H24N4O2. The largest absolute Gasteiger partial charge is 0.389 e. The third kappa shape index (κ3) is 3.86. The number of aryl methyl sites for hydroxylation is 1. The van der Waals surface area contributed by atoms with Gasteiger partial charge < -0.3 is 4.84 Å². The Balaban J connectivity index is 1.40. The van der Waals surface area contributed by atoms with Crippen molar-refractivity contribution in [2.24, 2.45) is 10.1 Å². The number of aliphatic imine (C=N–C) groups is 1. The summed E-state index contributed by atoms with van der Waals surface area (Å²) < 4.78 is 0. The summed E-state index contributed by atoms with van der Waals surface area (Å²) in [5.74, 6) is 0.172. The summed E-state index contributed by atoms with van der Waals surface area (Å²) in [5, 5.41) is 4.00. The second-order valence-electron chi connectivity index (χ2n) is 7.94. The highest BCUT2D eigenvalue weighted by atomic mass is 16.7. The fourth-order valence-corrected chi connectivity index (χ4v) is 3.80. The van der Waals surface area contributed by atoms with Crippen LogP contribution in [-0.2, 0) is 22.6 Å². The van der Waals surface area contributed by atoms with Crippen LogP contribution >= 0.6 is 0 Å². The first-order chi connectivity index (χ1) is 13.4. The van der Waals surface area contributed by atoms with Gasteiger partial charge in [0.1, 0.15) is 11.4 Å². The molecule has 2 aliphatic heterocycles. The molecular weight excluding hydrogens is 352 g/mol. The summed E-state index contributed by atoms with van der Waals surface area (Å²) in [6.07, 6.45) is 5.91. The standard InChI is InChI=1S/C22H24N4O2/c1-14-8-16(5-7-23-14)21-20-13-24-18(9-17(20)12-25-21)10-19(27)4-6-22(3)11-15(2)26-28-22/h5,7-9,13H,4,6,10-12H2,1-3H3. The highest BCUT2D eigenvalue weighted by Gasteiger charge is 2.32. The van der Waals surface area contributed by atoms with Crippen LogP contribution in [0.3, 0.4) is 0 Å². The molecule has 4 heterocycles. The van der Waals surface area contributed by atoms with E-state index in [0.29, 0.717) is 25.8 Å². The van der Waals surface area contributed by atoms with E-state index < -0.39 is 0 Å². The number of aromatic nitrogens is 2. The molecule has 0 aliphatic carbocycles. The topological polar surface area (TPSA) is 76.8 Å². The zero-order valence-electron chi connectivity index (χ0n) is 16.5. The second-order valence-corrected chi connectivity index (χ2v) is 7.94. The maximum atomic E-state index is 12.4. The molecule has 6 heteroatoms. The molecule has 2 aliphatic rings. The minimum Gasteiger partial charge on any atom is -0.389 e. The molecule has 2 aromatic rings. The lowest BCUT2D eigenvalue weighted by atomic mass is 9.92. The van der Waals surface area contributed by atoms with E-state index in [-0.39, 0.29) is 11.4 Å². The lowest BCUT2D eigenvalue weighted by Gasteiger charge is -2.20. The van der Waals surface area contributed by atoms with Crippen LogP contribution in [0, 0.1) is 6.92 Å². The molecule has 6 nitrogen and oxygen atoms in total. The van der Waals surface area contributed by atoms with E-state index in [1.165, 1.54) is 0 Å². The van der Waals surface area contributed by atoms with Gasteiger partial charge in [-0.1, -0.05) is 5.16 Å². The molecule has 28 heavy (non-hydrogen) atoms. The van der Waals surface area contributed by atoms with Crippen LogP contribution < -0.4 is 0 Å². The molecule has 0 amide bonds. The fourth-order valence-electron chi connectivity index (χ4n) is 3.80. The molecule has 0 N–H and O–H groups in total. The van der Waals surface area contributed by atoms with Crippen LogP contribution in [0.1, 0.15) is 61.2 Å². The molecule has 0 radical (unpaired) electrons. The van der Waals surface area contributed by atoms with Crippen LogP contribution in [0.5, 0.6) is 0 Å². The van der Waals surface area contributed by atoms with Crippen molar-refractivity contribution in [2.45, 2.75) is 58.6 Å². The number of carbonyl (C=O) groups is 1. The Hall–Kier alpha value is -2.89. The second kappa shape index (κ2) is 7.26. The van der Waals surface area contributed by atoms with E-state index in [4.69, 9.17) is 4.84 Å². The zero-order chi connectivity index (χ0) is 19.7. The summed E-state index contributed by atoms with van der Waals surface area (Å²) in [5.41, 5.74) is 6.57. The maximum absolute atomic E-state index is 12.4. The van der Waals surface area contributed by atoms with E-state index in [2.05, 4.69) is 20.1 Å². The molecule has 2 aromatic heterocycles. The van der Waals surface area contributed by atoms with Gasteiger partial charge in [-0.25, -0.2) is 0 Å². The fraction of sp³-hybridized carbons (Fsp3) is 0.409. The summed E-state index contributed by atoms with van der Waals surface area (Å²) in [4.78, 5) is 31.4. The first kappa shape index (κ1) is 18.5. The van der Waals surface area contributed by atoms with E-state index in [9.17, 15) is 4.79 Å². The zero-order valence-corrected chi connectivity index (χ0v) is 16.5. The predicted molar refractivity (Wildman–Crippen MR) is 108 cm³/mol. The maximum Gasteiger partial charge on any atom is 0.140 e. The highest BCUT2D eigenvalue weighted by molar-refractivity contribution is 6.15. The molecule has 0 spiro atoms. The highest BCUT2D eigenvalue weighted by Crippen LogP contribution is 2.29. The molecule has 1 unspecified atom stereocenters. The normalized spacial score (nSPS) is 20.4. The van der Waals surface area contributed by atoms with Crippen molar-refractivity contribution in [1.82, 2.24) is 9.97 Å². The Labute approximate surface area is 164 Å². The van der Waals surface area contributed by atoms with E-state index in [1.807, 2.05) is 45.2 Å². The first-order valence-corrected chi connectivity index (χ1v) is 9.61. The third-order valence-corrected chi connectivity index (χ3v) is 5.24. The number of fused-ring (bicyclic) bond motifs is 1. The average molecular weight is 376 g/mol. The van der Waals surface area contributed by atoms with Crippen LogP contribution in [0.15, 0.2) is 40.7 Å². The van der Waals surface area contributed by atoms with Gasteiger partial charge in [-0.15, -0.1) is 0 Å². The molecule has 0 bridgehead atoms. The van der Waals surface area contributed by atoms with Gasteiger partial charge in [0.25, 0.3) is 0 Å². The van der Waals surface area contributed by atoms with Gasteiger partial charge in [-0.05, 0) is 51.0 Å². The minimum atomic E-state index is -0.351. The molecule has 0 fully saturated rings. The molecule has 144 valence electrons. The Morgan fingerprint density at radius 3 is 2.86 bits per heavy atom. The summed E-state index contributed by atoms with van der Waals surface area (Å²) in [7, 11) is 0. The Kier molecular flexibility index (Phi) is 4.79. The number of rotatable bonds is 6. The minimum absolute atomic E-state index is 0.172. The molecule has 4 rings (SSSR count). The number of ketones is 1. The predicted octanol–water partition coefficient (Wildman–Crippen LogP) is 3.58. The van der Waals surface area contributed by atoms with Gasteiger partial charge >= 0.3 is 0 Å². The number of carbonyl (C=O) groups excluding carboxylic acids is 1. The Morgan fingerprint density at radius 1 is 1.25 bits per heavy atom. The Bertz CT molecular complexity index is 996. The van der Waals surface area contributed by atoms with Crippen LogP contribution in [0.25, 0.3) is 0 Å². The molecule has 0 saturated carbocycles. The smallest absolute Gasteiger partial charge is 0.140 e. The summed E-state index contributed by atoms with van der Waals surface area (Å²) in [6, 6.07) is 6.01. The van der Waals surface area contributed by atoms with Gasteiger partial charge in [0.05, 0.1) is 18.0 Å². The van der Waals surface area contributed by atoms with Gasteiger partial charge in [0, 0.05) is 54.2 Å². The monoisotopic (exact) mass is 376 g/mol. The SMILES string of the molecule is CC1=NOC(C)(CCC(=O)Cc2cc3c(cn2)C(c2ccnc(C)c2)=NC3)C1. The van der Waals surface area contributed by atoms with Crippen molar-refractivity contribution in [2.75, 3.05) is 0 Å². The number of hydrogen-bond donors (Lipinski definition) is 0. The molecule has 1 atom stereocenters. The molecule has 0 saturated heterocycles. The van der Waals surface area contributed by atoms with Crippen molar-refractivity contribution in [3.05, 3.63) is 58.7 Å². The van der Waals surface area contributed by atoms with Crippen molar-refractivity contribution < 1.29 is 9.63 Å². The van der Waals surface area contributed by atoms with Crippen molar-refractivity contribution in [3.8, 4) is 0 Å². The van der Waals surface area contributed by atoms with Gasteiger partial charge in [-0.2, -0.15) is 0 Å². The van der Waals surface area contributed by atoms with Crippen molar-refractivity contribution in [3.63, 3.8) is 0 Å². The quantitative estimate of drug-likeness (QED) is 0.772. The lowest BCUT2D eigenvalue weighted by molar-refractivity contribution is -0.120. The summed E-state index contributed by atoms with van der Waals surface area (Å²) in [6.45, 7) is 6.55. The molecule has 0 aromatic carbocycles. The number of nitrogens with zero attached hydrogens (tertiary/aromatic N) is 4. The van der Waals surface area contributed by atoms with Crippen LogP contribution in [0.2, 0.25) is 0 Å². The van der Waals surface area contributed by atoms with Gasteiger partial charge in [0.2, 0.25) is 0 Å². The average Bonchev–Trinajstić information content (AvgIpc) is 3.23. The van der Waals surface area contributed by atoms with E-state index in [1.54, 1.807) is 6.20 Å². The number of hydrogen-bond acceptors (Lipinski definition) is 6. The van der Waals surface area contributed by atoms with Crippen molar-refractivity contribution >= 4 is 17.2 Å². The van der Waals surface area contributed by atoms with Crippen LogP contribution in [-0.4, -0.2) is 32.8 Å². The first-order valence-electron chi connectivity index (χ1n) is 9.61. The van der Waals surface area contributed by atoms with Gasteiger partial charge in [0.15, 0.2) is 0 Å². The number of oxime groups is 1. The lowest BCUT2D eigenvalue weighted by Crippen LogP contribution is -2.25. The van der Waals surface area contributed by atoms with E-state index in [0.717, 1.165) is 45.9 Å². The third-order valence-electron chi connectivity index (χ3n) is 5.24. The van der Waals surface area contributed by atoms with Crippen molar-refractivity contribution in [1.29, 1.82) is 0 Å². The van der Waals surface area contributed by atoms with Gasteiger partial charge in [-0.3, -0.25) is 19.8 Å². The Morgan fingerprint density at radius 2 is 2.11 bits per heavy atom. The summed E-state index contributed by atoms with van der Waals surface area (Å²) >= 11 is 0.